The molecule has 0 bridgehead atoms. The minimum absolute atomic E-state index is 0.0597. The molecule has 3 heteroatoms. The lowest BCUT2D eigenvalue weighted by Crippen LogP contribution is -2.39. The number of hydrogen-bond acceptors (Lipinski definition) is 2. The van der Waals surface area contributed by atoms with E-state index < -0.39 is 0 Å². The van der Waals surface area contributed by atoms with Crippen LogP contribution in [-0.4, -0.2) is 29.1 Å². The number of amides is 1. The topological polar surface area (TPSA) is 32.3 Å². The van der Waals surface area contributed by atoms with Crippen LogP contribution in [0, 0.1) is 11.8 Å². The van der Waals surface area contributed by atoms with Crippen molar-refractivity contribution < 1.29 is 4.79 Å². The molecule has 5 atom stereocenters. The van der Waals surface area contributed by atoms with E-state index in [1.807, 2.05) is 0 Å². The number of carbonyl (C=O) groups is 1. The van der Waals surface area contributed by atoms with Crippen LogP contribution in [0.25, 0.3) is 0 Å². The number of nitrogens with zero attached hydrogens (tertiary/aromatic N) is 1. The predicted octanol–water partition coefficient (Wildman–Crippen LogP) is 3.15. The minimum Gasteiger partial charge on any atom is -0.323 e. The highest BCUT2D eigenvalue weighted by Gasteiger charge is 2.51. The largest absolute Gasteiger partial charge is 0.323 e. The Balaban J connectivity index is 2.04. The zero-order valence-corrected chi connectivity index (χ0v) is 13.0. The molecule has 1 saturated heterocycles. The third kappa shape index (κ3) is 2.96. The Hall–Kier alpha value is -0.570. The molecular weight excluding hydrogens is 236 g/mol. The summed E-state index contributed by atoms with van der Waals surface area (Å²) >= 11 is 0. The van der Waals surface area contributed by atoms with E-state index in [1.54, 1.807) is 0 Å². The van der Waals surface area contributed by atoms with E-state index in [0.717, 1.165) is 25.2 Å². The van der Waals surface area contributed by atoms with E-state index in [-0.39, 0.29) is 6.04 Å². The summed E-state index contributed by atoms with van der Waals surface area (Å²) in [4.78, 5) is 14.9. The Bertz CT molecular complexity index is 318. The Morgan fingerprint density at radius 3 is 2.53 bits per heavy atom. The van der Waals surface area contributed by atoms with Gasteiger partial charge in [0.1, 0.15) is 0 Å². The SMILES string of the molecule is CCCC1CC1N1C(=O)C(C(C)CC)NC1CCC. The van der Waals surface area contributed by atoms with Gasteiger partial charge in [-0.1, -0.05) is 47.0 Å². The van der Waals surface area contributed by atoms with Crippen molar-refractivity contribution in [3.05, 3.63) is 0 Å². The Morgan fingerprint density at radius 2 is 1.95 bits per heavy atom. The lowest BCUT2D eigenvalue weighted by Gasteiger charge is -2.24. The molecule has 0 spiro atoms. The van der Waals surface area contributed by atoms with Gasteiger partial charge in [-0.05, 0) is 31.1 Å². The van der Waals surface area contributed by atoms with Gasteiger partial charge in [0.15, 0.2) is 0 Å². The molecule has 0 aromatic heterocycles. The maximum absolute atomic E-state index is 12.7. The van der Waals surface area contributed by atoms with E-state index in [9.17, 15) is 4.79 Å². The maximum atomic E-state index is 12.7. The van der Waals surface area contributed by atoms with Crippen LogP contribution >= 0.6 is 0 Å². The number of nitrogens with one attached hydrogen (secondary N) is 1. The monoisotopic (exact) mass is 266 g/mol. The average Bonchev–Trinajstić information content (AvgIpc) is 3.06. The van der Waals surface area contributed by atoms with Crippen molar-refractivity contribution in [1.82, 2.24) is 10.2 Å². The molecule has 5 unspecified atom stereocenters. The van der Waals surface area contributed by atoms with E-state index in [1.165, 1.54) is 19.3 Å². The van der Waals surface area contributed by atoms with Gasteiger partial charge in [-0.2, -0.15) is 0 Å². The zero-order chi connectivity index (χ0) is 14.0. The lowest BCUT2D eigenvalue weighted by molar-refractivity contribution is -0.131. The van der Waals surface area contributed by atoms with Gasteiger partial charge in [0.2, 0.25) is 5.91 Å². The third-order valence-electron chi connectivity index (χ3n) is 4.91. The van der Waals surface area contributed by atoms with E-state index in [4.69, 9.17) is 0 Å². The molecule has 1 aliphatic carbocycles. The summed E-state index contributed by atoms with van der Waals surface area (Å²) < 4.78 is 0. The molecule has 0 aromatic rings. The van der Waals surface area contributed by atoms with E-state index in [0.29, 0.717) is 24.0 Å². The quantitative estimate of drug-likeness (QED) is 0.768. The summed E-state index contributed by atoms with van der Waals surface area (Å²) in [5.74, 6) is 1.59. The van der Waals surface area contributed by atoms with Gasteiger partial charge < -0.3 is 4.90 Å². The van der Waals surface area contributed by atoms with Crippen molar-refractivity contribution in [3.63, 3.8) is 0 Å². The van der Waals surface area contributed by atoms with E-state index >= 15 is 0 Å². The third-order valence-corrected chi connectivity index (χ3v) is 4.91. The van der Waals surface area contributed by atoms with Crippen LogP contribution in [-0.2, 0) is 4.79 Å². The average molecular weight is 266 g/mol. The molecule has 19 heavy (non-hydrogen) atoms. The first-order valence-corrected chi connectivity index (χ1v) is 8.22. The molecular formula is C16H30N2O. The van der Waals surface area contributed by atoms with E-state index in [2.05, 4.69) is 37.9 Å². The van der Waals surface area contributed by atoms with Crippen molar-refractivity contribution in [2.24, 2.45) is 11.8 Å². The van der Waals surface area contributed by atoms with Gasteiger partial charge >= 0.3 is 0 Å². The van der Waals surface area contributed by atoms with Gasteiger partial charge in [-0.15, -0.1) is 0 Å². The summed E-state index contributed by atoms with van der Waals surface area (Å²) in [6, 6.07) is 0.593. The van der Waals surface area contributed by atoms with Crippen molar-refractivity contribution in [2.75, 3.05) is 0 Å². The molecule has 2 fully saturated rings. The number of carbonyl (C=O) groups excluding carboxylic acids is 1. The van der Waals surface area contributed by atoms with Crippen molar-refractivity contribution in [3.8, 4) is 0 Å². The lowest BCUT2D eigenvalue weighted by atomic mass is 9.99. The Morgan fingerprint density at radius 1 is 1.26 bits per heavy atom. The van der Waals surface area contributed by atoms with Gasteiger partial charge in [0, 0.05) is 6.04 Å². The summed E-state index contributed by atoms with van der Waals surface area (Å²) in [6.45, 7) is 8.81. The first kappa shape index (κ1) is 14.8. The van der Waals surface area contributed by atoms with Gasteiger partial charge in [0.05, 0.1) is 12.2 Å². The van der Waals surface area contributed by atoms with Crippen LogP contribution in [0.15, 0.2) is 0 Å². The van der Waals surface area contributed by atoms with Crippen LogP contribution in [0.1, 0.15) is 66.2 Å². The molecule has 0 aromatic carbocycles. The van der Waals surface area contributed by atoms with Crippen molar-refractivity contribution in [1.29, 1.82) is 0 Å². The van der Waals surface area contributed by atoms with Crippen LogP contribution in [0.5, 0.6) is 0 Å². The molecule has 3 nitrogen and oxygen atoms in total. The van der Waals surface area contributed by atoms with Gasteiger partial charge in [0.25, 0.3) is 0 Å². The van der Waals surface area contributed by atoms with Crippen LogP contribution < -0.4 is 5.32 Å². The molecule has 0 radical (unpaired) electrons. The maximum Gasteiger partial charge on any atom is 0.241 e. The molecule has 1 N–H and O–H groups in total. The summed E-state index contributed by atoms with van der Waals surface area (Å²) in [5, 5.41) is 3.60. The van der Waals surface area contributed by atoms with Gasteiger partial charge in [-0.3, -0.25) is 10.1 Å². The first-order chi connectivity index (χ1) is 9.13. The molecule has 2 aliphatic rings. The minimum atomic E-state index is 0.0597. The van der Waals surface area contributed by atoms with Crippen LogP contribution in [0.3, 0.4) is 0 Å². The summed E-state index contributed by atoms with van der Waals surface area (Å²) in [6.07, 6.45) is 7.34. The molecule has 2 rings (SSSR count). The Kier molecular flexibility index (Phi) is 4.88. The van der Waals surface area contributed by atoms with Crippen LogP contribution in [0.4, 0.5) is 0 Å². The van der Waals surface area contributed by atoms with Gasteiger partial charge in [-0.25, -0.2) is 0 Å². The molecule has 1 heterocycles. The number of rotatable bonds is 7. The van der Waals surface area contributed by atoms with Crippen molar-refractivity contribution >= 4 is 5.91 Å². The molecule has 1 amide bonds. The highest BCUT2D eigenvalue weighted by Crippen LogP contribution is 2.42. The molecule has 110 valence electrons. The van der Waals surface area contributed by atoms with Crippen molar-refractivity contribution in [2.45, 2.75) is 84.5 Å². The highest BCUT2D eigenvalue weighted by molar-refractivity contribution is 5.85. The molecule has 1 aliphatic heterocycles. The predicted molar refractivity (Wildman–Crippen MR) is 78.7 cm³/mol. The smallest absolute Gasteiger partial charge is 0.241 e. The van der Waals surface area contributed by atoms with Crippen LogP contribution in [0.2, 0.25) is 0 Å². The second kappa shape index (κ2) is 6.25. The summed E-state index contributed by atoms with van der Waals surface area (Å²) in [7, 11) is 0. The normalized spacial score (nSPS) is 35.8. The fourth-order valence-corrected chi connectivity index (χ4v) is 3.46. The Labute approximate surface area is 118 Å². The standard InChI is InChI=1S/C16H30N2O/c1-5-8-12-10-13(12)18-14(9-6-2)17-15(16(18)19)11(4)7-3/h11-15,17H,5-10H2,1-4H3. The first-order valence-electron chi connectivity index (χ1n) is 8.22. The fourth-order valence-electron chi connectivity index (χ4n) is 3.46. The fraction of sp³-hybridized carbons (Fsp3) is 0.938. The second-order valence-electron chi connectivity index (χ2n) is 6.43. The zero-order valence-electron chi connectivity index (χ0n) is 13.0. The second-order valence-corrected chi connectivity index (χ2v) is 6.43. The molecule has 1 saturated carbocycles. The summed E-state index contributed by atoms with van der Waals surface area (Å²) in [5.41, 5.74) is 0. The highest BCUT2D eigenvalue weighted by atomic mass is 16.2. The number of hydrogen-bond donors (Lipinski definition) is 1.